The van der Waals surface area contributed by atoms with Crippen LogP contribution in [0.5, 0.6) is 0 Å². The molecule has 2 nitrogen and oxygen atoms in total. The molecular formula is C15H12BrNO. The summed E-state index contributed by atoms with van der Waals surface area (Å²) in [5.41, 5.74) is 3.18. The highest BCUT2D eigenvalue weighted by atomic mass is 79.9. The zero-order valence-corrected chi connectivity index (χ0v) is 11.4. The molecule has 3 rings (SSSR count). The molecule has 1 aromatic heterocycles. The maximum absolute atomic E-state index is 12.3. The van der Waals surface area contributed by atoms with E-state index in [9.17, 15) is 4.79 Å². The standard InChI is InChI=1S/C15H12BrNO/c16-13-6-10(8-17-9-13)5-12-7-11-3-1-2-4-14(11)15(12)18/h1-4,6,8-9,12H,5,7H2. The van der Waals surface area contributed by atoms with Crippen LogP contribution < -0.4 is 0 Å². The Kier molecular flexibility index (Phi) is 3.00. The minimum absolute atomic E-state index is 0.0681. The summed E-state index contributed by atoms with van der Waals surface area (Å²) in [5, 5.41) is 0. The first-order chi connectivity index (χ1) is 8.74. The van der Waals surface area contributed by atoms with Crippen LogP contribution in [0.4, 0.5) is 0 Å². The second kappa shape index (κ2) is 4.65. The lowest BCUT2D eigenvalue weighted by molar-refractivity contribution is 0.0936. The molecule has 2 aromatic rings. The van der Waals surface area contributed by atoms with Crippen molar-refractivity contribution in [2.45, 2.75) is 12.8 Å². The summed E-state index contributed by atoms with van der Waals surface area (Å²) < 4.78 is 0.961. The Bertz CT molecular complexity index is 609. The molecule has 3 heteroatoms. The van der Waals surface area contributed by atoms with E-state index in [1.807, 2.05) is 36.5 Å². The third kappa shape index (κ3) is 2.10. The van der Waals surface area contributed by atoms with Crippen molar-refractivity contribution in [3.05, 3.63) is 63.9 Å². The lowest BCUT2D eigenvalue weighted by Gasteiger charge is -2.07. The maximum Gasteiger partial charge on any atom is 0.166 e. The number of halogens is 1. The molecule has 0 saturated heterocycles. The van der Waals surface area contributed by atoms with Crippen LogP contribution in [0.15, 0.2) is 47.2 Å². The molecule has 1 atom stereocenters. The van der Waals surface area contributed by atoms with Crippen molar-refractivity contribution in [2.24, 2.45) is 5.92 Å². The number of carbonyl (C=O) groups is 1. The third-order valence-electron chi connectivity index (χ3n) is 3.36. The highest BCUT2D eigenvalue weighted by molar-refractivity contribution is 9.10. The fourth-order valence-electron chi connectivity index (χ4n) is 2.53. The summed E-state index contributed by atoms with van der Waals surface area (Å²) in [7, 11) is 0. The molecule has 1 aliphatic carbocycles. The van der Waals surface area contributed by atoms with Gasteiger partial charge in [0.2, 0.25) is 0 Å². The van der Waals surface area contributed by atoms with Crippen molar-refractivity contribution >= 4 is 21.7 Å². The quantitative estimate of drug-likeness (QED) is 0.850. The van der Waals surface area contributed by atoms with Crippen LogP contribution in [0, 0.1) is 5.92 Å². The van der Waals surface area contributed by atoms with Gasteiger partial charge in [-0.1, -0.05) is 24.3 Å². The summed E-state index contributed by atoms with van der Waals surface area (Å²) >= 11 is 3.41. The van der Waals surface area contributed by atoms with Gasteiger partial charge in [0.1, 0.15) is 0 Å². The van der Waals surface area contributed by atoms with Crippen LogP contribution in [-0.2, 0) is 12.8 Å². The number of Topliss-reactive ketones (excluding diaryl/α,β-unsaturated/α-hetero) is 1. The topological polar surface area (TPSA) is 30.0 Å². The molecule has 90 valence electrons. The molecule has 1 heterocycles. The predicted molar refractivity (Wildman–Crippen MR) is 73.6 cm³/mol. The smallest absolute Gasteiger partial charge is 0.166 e. The fraction of sp³-hybridized carbons (Fsp3) is 0.200. The number of hydrogen-bond acceptors (Lipinski definition) is 2. The first kappa shape index (κ1) is 11.6. The van der Waals surface area contributed by atoms with Crippen molar-refractivity contribution in [3.63, 3.8) is 0 Å². The van der Waals surface area contributed by atoms with E-state index in [1.54, 1.807) is 6.20 Å². The Hall–Kier alpha value is -1.48. The predicted octanol–water partition coefficient (Wildman–Crippen LogP) is 3.44. The number of aromatic nitrogens is 1. The third-order valence-corrected chi connectivity index (χ3v) is 3.80. The summed E-state index contributed by atoms with van der Waals surface area (Å²) in [4.78, 5) is 16.4. The van der Waals surface area contributed by atoms with Gasteiger partial charge in [0.05, 0.1) is 0 Å². The molecule has 0 spiro atoms. The Labute approximate surface area is 114 Å². The van der Waals surface area contributed by atoms with E-state index in [0.717, 1.165) is 28.4 Å². The lowest BCUT2D eigenvalue weighted by atomic mass is 9.97. The monoisotopic (exact) mass is 301 g/mol. The van der Waals surface area contributed by atoms with Gasteiger partial charge >= 0.3 is 0 Å². The van der Waals surface area contributed by atoms with E-state index < -0.39 is 0 Å². The van der Waals surface area contributed by atoms with Crippen LogP contribution in [-0.4, -0.2) is 10.8 Å². The highest BCUT2D eigenvalue weighted by Crippen LogP contribution is 2.29. The van der Waals surface area contributed by atoms with Gasteiger partial charge in [0.15, 0.2) is 5.78 Å². The fourth-order valence-corrected chi connectivity index (χ4v) is 2.95. The largest absolute Gasteiger partial charge is 0.294 e. The Morgan fingerprint density at radius 1 is 1.28 bits per heavy atom. The van der Waals surface area contributed by atoms with Gasteiger partial charge in [-0.05, 0) is 46.0 Å². The normalized spacial score (nSPS) is 17.8. The number of fused-ring (bicyclic) bond motifs is 1. The van der Waals surface area contributed by atoms with E-state index >= 15 is 0 Å². The summed E-state index contributed by atoms with van der Waals surface area (Å²) in [6, 6.07) is 9.93. The molecule has 0 radical (unpaired) electrons. The number of pyridine rings is 1. The molecule has 1 unspecified atom stereocenters. The summed E-state index contributed by atoms with van der Waals surface area (Å²) in [5.74, 6) is 0.337. The van der Waals surface area contributed by atoms with Gasteiger partial charge in [-0.15, -0.1) is 0 Å². The molecule has 0 fully saturated rings. The second-order valence-electron chi connectivity index (χ2n) is 4.64. The van der Waals surface area contributed by atoms with Crippen LogP contribution in [0.25, 0.3) is 0 Å². The lowest BCUT2D eigenvalue weighted by Crippen LogP contribution is -2.12. The average Bonchev–Trinajstić information content (AvgIpc) is 2.67. The molecule has 0 N–H and O–H groups in total. The minimum atomic E-state index is 0.0681. The van der Waals surface area contributed by atoms with Crippen LogP contribution in [0.3, 0.4) is 0 Å². The SMILES string of the molecule is O=C1c2ccccc2CC1Cc1cncc(Br)c1. The van der Waals surface area contributed by atoms with E-state index in [1.165, 1.54) is 5.56 Å². The van der Waals surface area contributed by atoms with Crippen molar-refractivity contribution in [1.82, 2.24) is 4.98 Å². The minimum Gasteiger partial charge on any atom is -0.294 e. The molecule has 1 aromatic carbocycles. The Balaban J connectivity index is 1.83. The van der Waals surface area contributed by atoms with Gasteiger partial charge in [-0.2, -0.15) is 0 Å². The molecule has 1 aliphatic rings. The Morgan fingerprint density at radius 2 is 2.11 bits per heavy atom. The van der Waals surface area contributed by atoms with Gasteiger partial charge < -0.3 is 0 Å². The maximum atomic E-state index is 12.3. The zero-order chi connectivity index (χ0) is 12.5. The number of ketones is 1. The van der Waals surface area contributed by atoms with Crippen LogP contribution in [0.1, 0.15) is 21.5 Å². The number of benzene rings is 1. The molecular weight excluding hydrogens is 290 g/mol. The van der Waals surface area contributed by atoms with E-state index in [-0.39, 0.29) is 11.7 Å². The van der Waals surface area contributed by atoms with Gasteiger partial charge in [0.25, 0.3) is 0 Å². The van der Waals surface area contributed by atoms with Gasteiger partial charge in [-0.3, -0.25) is 9.78 Å². The number of nitrogens with zero attached hydrogens (tertiary/aromatic N) is 1. The van der Waals surface area contributed by atoms with E-state index in [2.05, 4.69) is 20.9 Å². The van der Waals surface area contributed by atoms with Crippen molar-refractivity contribution < 1.29 is 4.79 Å². The van der Waals surface area contributed by atoms with Crippen molar-refractivity contribution in [2.75, 3.05) is 0 Å². The molecule has 0 saturated carbocycles. The number of carbonyl (C=O) groups excluding carboxylic acids is 1. The number of rotatable bonds is 2. The zero-order valence-electron chi connectivity index (χ0n) is 9.77. The van der Waals surface area contributed by atoms with Crippen LogP contribution >= 0.6 is 15.9 Å². The molecule has 0 amide bonds. The van der Waals surface area contributed by atoms with Gasteiger partial charge in [0, 0.05) is 28.3 Å². The molecule has 0 aliphatic heterocycles. The summed E-state index contributed by atoms with van der Waals surface area (Å²) in [6.07, 6.45) is 5.21. The first-order valence-electron chi connectivity index (χ1n) is 5.95. The van der Waals surface area contributed by atoms with E-state index in [0.29, 0.717) is 0 Å². The molecule has 18 heavy (non-hydrogen) atoms. The highest BCUT2D eigenvalue weighted by Gasteiger charge is 2.29. The summed E-state index contributed by atoms with van der Waals surface area (Å²) in [6.45, 7) is 0. The van der Waals surface area contributed by atoms with Crippen molar-refractivity contribution in [3.8, 4) is 0 Å². The average molecular weight is 302 g/mol. The first-order valence-corrected chi connectivity index (χ1v) is 6.75. The van der Waals surface area contributed by atoms with Crippen LogP contribution in [0.2, 0.25) is 0 Å². The van der Waals surface area contributed by atoms with Crippen molar-refractivity contribution in [1.29, 1.82) is 0 Å². The van der Waals surface area contributed by atoms with E-state index in [4.69, 9.17) is 0 Å². The van der Waals surface area contributed by atoms with Gasteiger partial charge in [-0.25, -0.2) is 0 Å². The number of hydrogen-bond donors (Lipinski definition) is 0. The second-order valence-corrected chi connectivity index (χ2v) is 5.55. The molecule has 0 bridgehead atoms. The Morgan fingerprint density at radius 3 is 2.89 bits per heavy atom.